The van der Waals surface area contributed by atoms with Crippen LogP contribution in [0.1, 0.15) is 11.3 Å². The van der Waals surface area contributed by atoms with Gasteiger partial charge in [0, 0.05) is 18.9 Å². The summed E-state index contributed by atoms with van der Waals surface area (Å²) in [6.45, 7) is 0.610. The fraction of sp³-hybridized carbons (Fsp3) is 0.222. The maximum Gasteiger partial charge on any atom is 0.226 e. The topological polar surface area (TPSA) is 55.6 Å². The van der Waals surface area contributed by atoms with Crippen molar-refractivity contribution in [1.82, 2.24) is 14.7 Å². The summed E-state index contributed by atoms with van der Waals surface area (Å²) in [5.74, 6) is 0.826. The number of imidazole rings is 1. The molecule has 0 bridgehead atoms. The summed E-state index contributed by atoms with van der Waals surface area (Å²) in [6.07, 6.45) is 4.90. The fourth-order valence-corrected chi connectivity index (χ4v) is 2.44. The number of hydrogen-bond acceptors (Lipinski definition) is 3. The van der Waals surface area contributed by atoms with Gasteiger partial charge in [-0.05, 0) is 36.2 Å². The second-order valence-electron chi connectivity index (χ2n) is 5.32. The SMILES string of the molecule is COc1ccc(CCNC(=O)Cc2cn3ccccc3n2)cc1. The van der Waals surface area contributed by atoms with Crippen molar-refractivity contribution >= 4 is 11.6 Å². The third-order valence-corrected chi connectivity index (χ3v) is 3.65. The standard InChI is InChI=1S/C18H19N3O2/c1-23-16-7-5-14(6-8-16)9-10-19-18(22)12-15-13-21-11-3-2-4-17(21)20-15/h2-8,11,13H,9-10,12H2,1H3,(H,19,22). The first kappa shape index (κ1) is 15.1. The first-order valence-corrected chi connectivity index (χ1v) is 7.57. The second-order valence-corrected chi connectivity index (χ2v) is 5.32. The molecule has 0 aliphatic rings. The van der Waals surface area contributed by atoms with E-state index in [-0.39, 0.29) is 5.91 Å². The normalized spacial score (nSPS) is 10.7. The fourth-order valence-electron chi connectivity index (χ4n) is 2.44. The molecule has 0 aliphatic heterocycles. The van der Waals surface area contributed by atoms with Crippen LogP contribution in [0.5, 0.6) is 5.75 Å². The second kappa shape index (κ2) is 6.96. The molecule has 1 aromatic carbocycles. The van der Waals surface area contributed by atoms with Crippen LogP contribution in [0.15, 0.2) is 54.9 Å². The van der Waals surface area contributed by atoms with Gasteiger partial charge in [-0.2, -0.15) is 0 Å². The molecule has 0 aliphatic carbocycles. The lowest BCUT2D eigenvalue weighted by molar-refractivity contribution is -0.120. The van der Waals surface area contributed by atoms with E-state index in [4.69, 9.17) is 4.74 Å². The van der Waals surface area contributed by atoms with Gasteiger partial charge in [0.15, 0.2) is 0 Å². The van der Waals surface area contributed by atoms with Gasteiger partial charge >= 0.3 is 0 Å². The summed E-state index contributed by atoms with van der Waals surface area (Å²) in [6, 6.07) is 13.7. The van der Waals surface area contributed by atoms with Gasteiger partial charge in [0.05, 0.1) is 19.2 Å². The number of nitrogens with zero attached hydrogens (tertiary/aromatic N) is 2. The maximum absolute atomic E-state index is 12.0. The van der Waals surface area contributed by atoms with E-state index >= 15 is 0 Å². The summed E-state index contributed by atoms with van der Waals surface area (Å²) in [5, 5.41) is 2.93. The van der Waals surface area contributed by atoms with Crippen LogP contribution in [0.3, 0.4) is 0 Å². The van der Waals surface area contributed by atoms with Crippen molar-refractivity contribution in [2.45, 2.75) is 12.8 Å². The van der Waals surface area contributed by atoms with Crippen molar-refractivity contribution in [3.8, 4) is 5.75 Å². The van der Waals surface area contributed by atoms with Crippen molar-refractivity contribution < 1.29 is 9.53 Å². The summed E-state index contributed by atoms with van der Waals surface area (Å²) >= 11 is 0. The van der Waals surface area contributed by atoms with Crippen LogP contribution < -0.4 is 10.1 Å². The van der Waals surface area contributed by atoms with Crippen molar-refractivity contribution in [1.29, 1.82) is 0 Å². The molecule has 0 unspecified atom stereocenters. The number of amides is 1. The highest BCUT2D eigenvalue weighted by Gasteiger charge is 2.07. The van der Waals surface area contributed by atoms with Gasteiger partial charge in [-0.3, -0.25) is 4.79 Å². The highest BCUT2D eigenvalue weighted by Crippen LogP contribution is 2.11. The number of nitrogens with one attached hydrogen (secondary N) is 1. The zero-order chi connectivity index (χ0) is 16.1. The Morgan fingerprint density at radius 3 is 2.78 bits per heavy atom. The van der Waals surface area contributed by atoms with E-state index in [9.17, 15) is 4.79 Å². The summed E-state index contributed by atoms with van der Waals surface area (Å²) < 4.78 is 7.04. The molecule has 118 valence electrons. The quantitative estimate of drug-likeness (QED) is 0.760. The molecule has 5 heteroatoms. The van der Waals surface area contributed by atoms with Crippen LogP contribution in [-0.4, -0.2) is 28.9 Å². The Morgan fingerprint density at radius 1 is 1.22 bits per heavy atom. The summed E-state index contributed by atoms with van der Waals surface area (Å²) in [5.41, 5.74) is 2.80. The lowest BCUT2D eigenvalue weighted by Gasteiger charge is -2.05. The Kier molecular flexibility index (Phi) is 4.57. The van der Waals surface area contributed by atoms with Gasteiger partial charge in [-0.15, -0.1) is 0 Å². The number of carbonyl (C=O) groups excluding carboxylic acids is 1. The smallest absolute Gasteiger partial charge is 0.226 e. The predicted molar refractivity (Wildman–Crippen MR) is 88.6 cm³/mol. The highest BCUT2D eigenvalue weighted by atomic mass is 16.5. The number of pyridine rings is 1. The van der Waals surface area contributed by atoms with Gasteiger partial charge < -0.3 is 14.5 Å². The monoisotopic (exact) mass is 309 g/mol. The average molecular weight is 309 g/mol. The Morgan fingerprint density at radius 2 is 2.04 bits per heavy atom. The van der Waals surface area contributed by atoms with Crippen LogP contribution >= 0.6 is 0 Å². The molecule has 1 amide bonds. The molecule has 23 heavy (non-hydrogen) atoms. The molecule has 0 atom stereocenters. The predicted octanol–water partition coefficient (Wildman–Crippen LogP) is 2.24. The number of methoxy groups -OCH3 is 1. The molecule has 5 nitrogen and oxygen atoms in total. The maximum atomic E-state index is 12.0. The van der Waals surface area contributed by atoms with Crippen molar-refractivity contribution in [2.75, 3.05) is 13.7 Å². The van der Waals surface area contributed by atoms with Crippen LogP contribution in [-0.2, 0) is 17.6 Å². The minimum absolute atomic E-state index is 0.0121. The van der Waals surface area contributed by atoms with Crippen LogP contribution in [0, 0.1) is 0 Å². The van der Waals surface area contributed by atoms with E-state index < -0.39 is 0 Å². The molecule has 2 heterocycles. The number of ether oxygens (including phenoxy) is 1. The number of benzene rings is 1. The molecule has 3 aromatic rings. The minimum atomic E-state index is -0.0121. The average Bonchev–Trinajstić information content (AvgIpc) is 2.97. The van der Waals surface area contributed by atoms with Crippen LogP contribution in [0.4, 0.5) is 0 Å². The van der Waals surface area contributed by atoms with Crippen molar-refractivity contribution in [3.63, 3.8) is 0 Å². The zero-order valence-electron chi connectivity index (χ0n) is 13.0. The molecular weight excluding hydrogens is 290 g/mol. The molecule has 0 saturated carbocycles. The van der Waals surface area contributed by atoms with Crippen molar-refractivity contribution in [3.05, 3.63) is 66.1 Å². The third kappa shape index (κ3) is 3.88. The molecular formula is C18H19N3O2. The van der Waals surface area contributed by atoms with Crippen LogP contribution in [0.2, 0.25) is 0 Å². The van der Waals surface area contributed by atoms with E-state index in [1.807, 2.05) is 59.3 Å². The molecule has 2 aromatic heterocycles. The largest absolute Gasteiger partial charge is 0.497 e. The van der Waals surface area contributed by atoms with E-state index in [1.54, 1.807) is 7.11 Å². The lowest BCUT2D eigenvalue weighted by Crippen LogP contribution is -2.27. The Balaban J connectivity index is 1.49. The van der Waals surface area contributed by atoms with Crippen LogP contribution in [0.25, 0.3) is 5.65 Å². The number of hydrogen-bond donors (Lipinski definition) is 1. The highest BCUT2D eigenvalue weighted by molar-refractivity contribution is 5.78. The Hall–Kier alpha value is -2.82. The van der Waals surface area contributed by atoms with Crippen molar-refractivity contribution in [2.24, 2.45) is 0 Å². The van der Waals surface area contributed by atoms with E-state index in [2.05, 4.69) is 10.3 Å². The Bertz CT molecular complexity index is 760. The molecule has 0 spiro atoms. The summed E-state index contributed by atoms with van der Waals surface area (Å²) in [4.78, 5) is 16.4. The number of fused-ring (bicyclic) bond motifs is 1. The van der Waals surface area contributed by atoms with E-state index in [1.165, 1.54) is 5.56 Å². The third-order valence-electron chi connectivity index (χ3n) is 3.65. The number of rotatable bonds is 6. The lowest BCUT2D eigenvalue weighted by atomic mass is 10.1. The summed E-state index contributed by atoms with van der Waals surface area (Å²) in [7, 11) is 1.65. The zero-order valence-corrected chi connectivity index (χ0v) is 13.0. The number of aromatic nitrogens is 2. The van der Waals surface area contributed by atoms with Gasteiger partial charge in [-0.1, -0.05) is 18.2 Å². The first-order chi connectivity index (χ1) is 11.2. The molecule has 0 fully saturated rings. The minimum Gasteiger partial charge on any atom is -0.497 e. The molecule has 0 radical (unpaired) electrons. The molecule has 0 saturated heterocycles. The van der Waals surface area contributed by atoms with E-state index in [0.29, 0.717) is 13.0 Å². The first-order valence-electron chi connectivity index (χ1n) is 7.57. The van der Waals surface area contributed by atoms with Gasteiger partial charge in [0.1, 0.15) is 11.4 Å². The van der Waals surface area contributed by atoms with E-state index in [0.717, 1.165) is 23.5 Å². The number of carbonyl (C=O) groups is 1. The van der Waals surface area contributed by atoms with Gasteiger partial charge in [0.2, 0.25) is 5.91 Å². The van der Waals surface area contributed by atoms with Gasteiger partial charge in [-0.25, -0.2) is 4.98 Å². The molecule has 1 N–H and O–H groups in total. The Labute approximate surface area is 134 Å². The molecule has 3 rings (SSSR count). The van der Waals surface area contributed by atoms with Gasteiger partial charge in [0.25, 0.3) is 0 Å².